The van der Waals surface area contributed by atoms with E-state index in [1.165, 1.54) is 24.3 Å². The number of benzene rings is 3. The first-order chi connectivity index (χ1) is 17.7. The van der Waals surface area contributed by atoms with E-state index in [9.17, 15) is 35.8 Å². The van der Waals surface area contributed by atoms with Gasteiger partial charge in [0.15, 0.2) is 16.1 Å². The molecule has 2 N–H and O–H groups in total. The molecule has 0 aliphatic carbocycles. The third-order valence-electron chi connectivity index (χ3n) is 4.93. The Labute approximate surface area is 301 Å². The van der Waals surface area contributed by atoms with Gasteiger partial charge in [0.1, 0.15) is 25.9 Å². The number of azo groups is 1. The van der Waals surface area contributed by atoms with Crippen LogP contribution in [0, 0.1) is 0 Å². The summed E-state index contributed by atoms with van der Waals surface area (Å²) in [4.78, 5) is 11.2. The van der Waals surface area contributed by atoms with E-state index in [0.717, 1.165) is 30.3 Å². The molecule has 13 nitrogen and oxygen atoms in total. The van der Waals surface area contributed by atoms with E-state index in [0.29, 0.717) is 0 Å². The molecule has 1 amide bonds. The van der Waals surface area contributed by atoms with Gasteiger partial charge in [-0.1, -0.05) is 29.3 Å². The van der Waals surface area contributed by atoms with Gasteiger partial charge in [-0.05, 0) is 53.9 Å². The van der Waals surface area contributed by atoms with Gasteiger partial charge in [0.05, 0.1) is 21.0 Å². The Morgan fingerprint density at radius 2 is 1.55 bits per heavy atom. The Morgan fingerprint density at radius 3 is 2.15 bits per heavy atom. The minimum Gasteiger partial charge on any atom is -0.744 e. The fraction of sp³-hybridized carbons (Fsp3) is 0. The first-order valence-corrected chi connectivity index (χ1v) is 13.5. The molecule has 196 valence electrons. The van der Waals surface area contributed by atoms with E-state index >= 15 is 0 Å². The average Bonchev–Trinajstić information content (AvgIpc) is 2.84. The maximum Gasteiger partial charge on any atom is 1.00 e. The second kappa shape index (κ2) is 13.9. The molecule has 0 bridgehead atoms. The monoisotopic (exact) mass is 657 g/mol. The van der Waals surface area contributed by atoms with Gasteiger partial charge in [-0.2, -0.15) is 5.11 Å². The standard InChI is InChI=1S/C21H13Cl2N5O8S2.K.Na/c22-17-9-15(20(23)28-26-17)21(30)24-12-2-1-10-7-16(38(34,35)36)18(19(29)14(10)8-12)27-25-11-3-5-13(6-4-11)37(31,32)33;;/h1-9,29H,(H,24,30)(H,31,32,33)(H,34,35,36);;/q;2*+1/p-2. The molecule has 0 unspecified atom stereocenters. The van der Waals surface area contributed by atoms with Gasteiger partial charge in [-0.3, -0.25) is 4.79 Å². The SMILES string of the molecule is O=C(Nc1ccc2cc(S(=O)(=O)[O-])c(N=Nc3ccc(S(=O)(=O)[O-])cc3)c(O)c2c1)c1cc(Cl)nnc1Cl.[K+].[Na+]. The Morgan fingerprint density at radius 1 is 0.900 bits per heavy atom. The summed E-state index contributed by atoms with van der Waals surface area (Å²) >= 11 is 11.6. The molecule has 0 aliphatic rings. The molecule has 1 heterocycles. The van der Waals surface area contributed by atoms with Crippen molar-refractivity contribution in [3.8, 4) is 5.75 Å². The zero-order valence-electron chi connectivity index (χ0n) is 20.4. The van der Waals surface area contributed by atoms with E-state index in [1.807, 2.05) is 0 Å². The number of amides is 1. The normalized spacial score (nSPS) is 11.6. The molecule has 0 radical (unpaired) electrons. The van der Waals surface area contributed by atoms with Crippen LogP contribution >= 0.6 is 23.2 Å². The van der Waals surface area contributed by atoms with Crippen molar-refractivity contribution in [2.24, 2.45) is 10.2 Å². The molecule has 0 atom stereocenters. The van der Waals surface area contributed by atoms with Gasteiger partial charge in [0, 0.05) is 11.1 Å². The summed E-state index contributed by atoms with van der Waals surface area (Å²) in [5, 5.41) is 27.6. The van der Waals surface area contributed by atoms with E-state index in [4.69, 9.17) is 23.2 Å². The van der Waals surface area contributed by atoms with Crippen molar-refractivity contribution in [1.82, 2.24) is 10.2 Å². The first-order valence-electron chi connectivity index (χ1n) is 9.97. The third-order valence-corrected chi connectivity index (χ3v) is 7.10. The number of rotatable bonds is 6. The smallest absolute Gasteiger partial charge is 0.744 e. The Bertz CT molecular complexity index is 1860. The molecule has 19 heteroatoms. The molecule has 1 aromatic heterocycles. The molecule has 4 aromatic rings. The maximum atomic E-state index is 12.6. The van der Waals surface area contributed by atoms with E-state index in [-0.39, 0.29) is 119 Å². The van der Waals surface area contributed by atoms with Crippen molar-refractivity contribution in [1.29, 1.82) is 0 Å². The zero-order chi connectivity index (χ0) is 27.8. The van der Waals surface area contributed by atoms with Gasteiger partial charge in [-0.25, -0.2) is 16.8 Å². The number of carbonyl (C=O) groups is 1. The van der Waals surface area contributed by atoms with Crippen LogP contribution in [0.3, 0.4) is 0 Å². The van der Waals surface area contributed by atoms with Crippen molar-refractivity contribution < 1.29 is 117 Å². The molecule has 0 saturated carbocycles. The summed E-state index contributed by atoms with van der Waals surface area (Å²) in [7, 11) is -9.86. The molecule has 0 saturated heterocycles. The van der Waals surface area contributed by atoms with Gasteiger partial charge in [0.25, 0.3) is 5.91 Å². The minimum atomic E-state index is -5.15. The van der Waals surface area contributed by atoms with Crippen LogP contribution in [-0.4, -0.2) is 47.2 Å². The molecule has 4 rings (SSSR count). The number of hydrogen-bond donors (Lipinski definition) is 2. The van der Waals surface area contributed by atoms with Crippen LogP contribution < -0.4 is 86.3 Å². The van der Waals surface area contributed by atoms with Crippen LogP contribution in [0.2, 0.25) is 10.3 Å². The molecular formula is C21H11Cl2KN5NaO8S2. The molecule has 40 heavy (non-hydrogen) atoms. The quantitative estimate of drug-likeness (QED) is 0.134. The van der Waals surface area contributed by atoms with Gasteiger partial charge in [-0.15, -0.1) is 15.3 Å². The van der Waals surface area contributed by atoms with E-state index in [2.05, 4.69) is 25.7 Å². The number of aromatic nitrogens is 2. The summed E-state index contributed by atoms with van der Waals surface area (Å²) in [6.45, 7) is 0. The molecular weight excluding hydrogens is 647 g/mol. The van der Waals surface area contributed by atoms with Gasteiger partial charge < -0.3 is 19.5 Å². The van der Waals surface area contributed by atoms with Crippen molar-refractivity contribution in [3.63, 3.8) is 0 Å². The van der Waals surface area contributed by atoms with Crippen LogP contribution in [0.1, 0.15) is 10.4 Å². The number of carbonyl (C=O) groups excluding carboxylic acids is 1. The first kappa shape index (κ1) is 35.1. The molecule has 0 spiro atoms. The maximum absolute atomic E-state index is 12.6. The van der Waals surface area contributed by atoms with Gasteiger partial charge in [0.2, 0.25) is 0 Å². The van der Waals surface area contributed by atoms with Crippen molar-refractivity contribution in [3.05, 3.63) is 70.5 Å². The number of fused-ring (bicyclic) bond motifs is 1. The second-order valence-corrected chi connectivity index (χ2v) is 10.9. The van der Waals surface area contributed by atoms with E-state index in [1.54, 1.807) is 0 Å². The number of halogens is 2. The summed E-state index contributed by atoms with van der Waals surface area (Å²) in [6.07, 6.45) is 0. The molecule has 0 aliphatic heterocycles. The molecule has 3 aromatic carbocycles. The predicted molar refractivity (Wildman–Crippen MR) is 132 cm³/mol. The minimum absolute atomic E-state index is 0. The van der Waals surface area contributed by atoms with Crippen LogP contribution in [0.5, 0.6) is 5.75 Å². The number of anilines is 1. The Balaban J connectivity index is 0.00000280. The number of hydrogen-bond acceptors (Lipinski definition) is 12. The number of phenols is 1. The van der Waals surface area contributed by atoms with Crippen molar-refractivity contribution in [2.45, 2.75) is 9.79 Å². The van der Waals surface area contributed by atoms with Crippen LogP contribution in [0.15, 0.2) is 74.6 Å². The average molecular weight is 658 g/mol. The largest absolute Gasteiger partial charge is 1.00 e. The van der Waals surface area contributed by atoms with E-state index < -0.39 is 47.4 Å². The Kier molecular flexibility index (Phi) is 12.2. The molecule has 0 fully saturated rings. The van der Waals surface area contributed by atoms with Crippen molar-refractivity contribution >= 4 is 77.2 Å². The van der Waals surface area contributed by atoms with Crippen LogP contribution in [-0.2, 0) is 20.2 Å². The fourth-order valence-corrected chi connectivity index (χ4v) is 4.64. The number of nitrogens with one attached hydrogen (secondary N) is 1. The zero-order valence-corrected chi connectivity index (χ0v) is 28.6. The summed E-state index contributed by atoms with van der Waals surface area (Å²) in [5.41, 5.74) is -0.677. The summed E-state index contributed by atoms with van der Waals surface area (Å²) < 4.78 is 68.8. The van der Waals surface area contributed by atoms with Crippen LogP contribution in [0.25, 0.3) is 10.8 Å². The fourth-order valence-electron chi connectivity index (χ4n) is 3.20. The third kappa shape index (κ3) is 8.26. The number of nitrogens with zero attached hydrogens (tertiary/aromatic N) is 4. The predicted octanol–water partition coefficient (Wildman–Crippen LogP) is -1.87. The van der Waals surface area contributed by atoms with Crippen molar-refractivity contribution in [2.75, 3.05) is 5.32 Å². The number of aromatic hydroxyl groups is 1. The summed E-state index contributed by atoms with van der Waals surface area (Å²) in [5.74, 6) is -1.46. The Hall–Kier alpha value is -1.09. The summed E-state index contributed by atoms with van der Waals surface area (Å²) in [6, 6.07) is 10.3. The van der Waals surface area contributed by atoms with Gasteiger partial charge >= 0.3 is 80.9 Å². The topological polar surface area (TPSA) is 214 Å². The number of phenolic OH excluding ortho intramolecular Hbond substituents is 1. The van der Waals surface area contributed by atoms with Crippen LogP contribution in [0.4, 0.5) is 17.1 Å². The second-order valence-electron chi connectivity index (χ2n) is 7.44.